The average Bonchev–Trinajstić information content (AvgIpc) is 2.69. The van der Waals surface area contributed by atoms with Crippen LogP contribution in [0.4, 0.5) is 0 Å². The van der Waals surface area contributed by atoms with Crippen molar-refractivity contribution in [2.75, 3.05) is 6.54 Å². The van der Waals surface area contributed by atoms with E-state index in [0.717, 1.165) is 0 Å². The van der Waals surface area contributed by atoms with Gasteiger partial charge in [-0.1, -0.05) is 37.3 Å². The highest BCUT2D eigenvalue weighted by atomic mass is 15.0. The molecule has 1 nitrogen and oxygen atoms in total. The minimum absolute atomic E-state index is 0.390. The molecule has 1 unspecified atom stereocenters. The lowest BCUT2D eigenvalue weighted by Gasteiger charge is -2.28. The summed E-state index contributed by atoms with van der Waals surface area (Å²) in [4.78, 5) is 0. The first kappa shape index (κ1) is 9.72. The first-order valence-electron chi connectivity index (χ1n) is 5.64. The molecular weight excluding hydrogens is 170 g/mol. The highest BCUT2D eigenvalue weighted by Crippen LogP contribution is 2.26. The molecule has 0 bridgehead atoms. The van der Waals surface area contributed by atoms with Crippen LogP contribution < -0.4 is 5.32 Å². The minimum atomic E-state index is 0.390. The maximum atomic E-state index is 3.67. The van der Waals surface area contributed by atoms with Gasteiger partial charge in [-0.25, -0.2) is 0 Å². The Balaban J connectivity index is 2.08. The van der Waals surface area contributed by atoms with Crippen LogP contribution in [0.25, 0.3) is 0 Å². The molecule has 1 fully saturated rings. The Hall–Kier alpha value is -0.820. The quantitative estimate of drug-likeness (QED) is 0.771. The number of nitrogens with one attached hydrogen (secondary N) is 1. The summed E-state index contributed by atoms with van der Waals surface area (Å²) in [5.41, 5.74) is 1.85. The van der Waals surface area contributed by atoms with Crippen LogP contribution in [0.1, 0.15) is 31.7 Å². The van der Waals surface area contributed by atoms with Gasteiger partial charge in [0.2, 0.25) is 0 Å². The Labute approximate surface area is 86.5 Å². The zero-order chi connectivity index (χ0) is 9.86. The highest BCUT2D eigenvalue weighted by molar-refractivity contribution is 5.18. The molecule has 1 aliphatic heterocycles. The van der Waals surface area contributed by atoms with Crippen LogP contribution in [0.3, 0.4) is 0 Å². The van der Waals surface area contributed by atoms with Crippen molar-refractivity contribution >= 4 is 0 Å². The van der Waals surface area contributed by atoms with Gasteiger partial charge < -0.3 is 5.32 Å². The Kier molecular flexibility index (Phi) is 2.87. The van der Waals surface area contributed by atoms with Crippen molar-refractivity contribution in [1.82, 2.24) is 5.32 Å². The van der Waals surface area contributed by atoms with Crippen LogP contribution in [-0.4, -0.2) is 12.1 Å². The summed E-state index contributed by atoms with van der Waals surface area (Å²) in [5.74, 6) is 0. The van der Waals surface area contributed by atoms with E-state index in [1.165, 1.54) is 37.8 Å². The van der Waals surface area contributed by atoms with E-state index in [1.807, 2.05) is 0 Å². The van der Waals surface area contributed by atoms with E-state index >= 15 is 0 Å². The normalized spacial score (nSPS) is 26.6. The van der Waals surface area contributed by atoms with E-state index in [-0.39, 0.29) is 0 Å². The molecule has 1 aromatic carbocycles. The molecule has 2 rings (SSSR count). The van der Waals surface area contributed by atoms with Gasteiger partial charge in [0.05, 0.1) is 0 Å². The molecule has 0 radical (unpaired) electrons. The second kappa shape index (κ2) is 4.14. The van der Waals surface area contributed by atoms with Crippen molar-refractivity contribution in [2.24, 2.45) is 0 Å². The van der Waals surface area contributed by atoms with Gasteiger partial charge in [0.25, 0.3) is 0 Å². The van der Waals surface area contributed by atoms with Gasteiger partial charge in [0, 0.05) is 5.54 Å². The molecule has 1 N–H and O–H groups in total. The smallest absolute Gasteiger partial charge is 0.0219 e. The number of hydrogen-bond donors (Lipinski definition) is 1. The maximum absolute atomic E-state index is 3.67. The molecule has 1 heterocycles. The van der Waals surface area contributed by atoms with E-state index in [0.29, 0.717) is 5.54 Å². The molecule has 0 saturated carbocycles. The zero-order valence-electron chi connectivity index (χ0n) is 8.92. The first-order valence-corrected chi connectivity index (χ1v) is 5.64. The second-order valence-corrected chi connectivity index (χ2v) is 4.33. The first-order chi connectivity index (χ1) is 6.85. The summed E-state index contributed by atoms with van der Waals surface area (Å²) < 4.78 is 0. The lowest BCUT2D eigenvalue weighted by molar-refractivity contribution is 0.360. The van der Waals surface area contributed by atoms with Crippen LogP contribution in [-0.2, 0) is 6.42 Å². The molecule has 1 atom stereocenters. The molecular formula is C13H19N. The topological polar surface area (TPSA) is 12.0 Å². The van der Waals surface area contributed by atoms with Gasteiger partial charge in [0.15, 0.2) is 0 Å². The molecule has 0 aromatic heterocycles. The zero-order valence-corrected chi connectivity index (χ0v) is 8.92. The van der Waals surface area contributed by atoms with Gasteiger partial charge in [0.1, 0.15) is 0 Å². The van der Waals surface area contributed by atoms with Crippen LogP contribution in [0, 0.1) is 0 Å². The fourth-order valence-corrected chi connectivity index (χ4v) is 2.43. The van der Waals surface area contributed by atoms with Crippen molar-refractivity contribution in [3.05, 3.63) is 35.9 Å². The third kappa shape index (κ3) is 1.98. The van der Waals surface area contributed by atoms with E-state index in [2.05, 4.69) is 42.6 Å². The predicted octanol–water partition coefficient (Wildman–Crippen LogP) is 2.76. The Morgan fingerprint density at radius 3 is 2.64 bits per heavy atom. The van der Waals surface area contributed by atoms with Crippen LogP contribution in [0.15, 0.2) is 30.3 Å². The molecule has 76 valence electrons. The van der Waals surface area contributed by atoms with Crippen LogP contribution >= 0.6 is 0 Å². The van der Waals surface area contributed by atoms with Crippen molar-refractivity contribution in [1.29, 1.82) is 0 Å². The predicted molar refractivity (Wildman–Crippen MR) is 60.4 cm³/mol. The Morgan fingerprint density at radius 2 is 2.07 bits per heavy atom. The average molecular weight is 189 g/mol. The van der Waals surface area contributed by atoms with Crippen LogP contribution in [0.2, 0.25) is 0 Å². The summed E-state index contributed by atoms with van der Waals surface area (Å²) in [7, 11) is 0. The highest BCUT2D eigenvalue weighted by Gasteiger charge is 2.31. The number of benzene rings is 1. The second-order valence-electron chi connectivity index (χ2n) is 4.33. The largest absolute Gasteiger partial charge is 0.311 e. The Bertz CT molecular complexity index is 273. The lowest BCUT2D eigenvalue weighted by Crippen LogP contribution is -2.41. The van der Waals surface area contributed by atoms with Gasteiger partial charge in [-0.05, 0) is 37.8 Å². The van der Waals surface area contributed by atoms with E-state index in [1.54, 1.807) is 0 Å². The molecule has 1 aromatic rings. The molecule has 1 heteroatoms. The maximum Gasteiger partial charge on any atom is 0.0219 e. The lowest BCUT2D eigenvalue weighted by atomic mass is 9.87. The third-order valence-electron chi connectivity index (χ3n) is 3.39. The molecule has 1 aliphatic rings. The molecule has 0 spiro atoms. The summed E-state index contributed by atoms with van der Waals surface area (Å²) in [6.45, 7) is 3.49. The van der Waals surface area contributed by atoms with Crippen molar-refractivity contribution in [2.45, 2.75) is 38.1 Å². The van der Waals surface area contributed by atoms with Crippen molar-refractivity contribution in [3.8, 4) is 0 Å². The fourth-order valence-electron chi connectivity index (χ4n) is 2.43. The van der Waals surface area contributed by atoms with Crippen molar-refractivity contribution < 1.29 is 0 Å². The van der Waals surface area contributed by atoms with E-state index < -0.39 is 0 Å². The van der Waals surface area contributed by atoms with E-state index in [9.17, 15) is 0 Å². The van der Waals surface area contributed by atoms with Crippen LogP contribution in [0.5, 0.6) is 0 Å². The van der Waals surface area contributed by atoms with Crippen molar-refractivity contribution in [3.63, 3.8) is 0 Å². The monoisotopic (exact) mass is 189 g/mol. The minimum Gasteiger partial charge on any atom is -0.311 e. The standard InChI is InChI=1S/C13H19N/c1-2-13(9-6-10-14-13)11-12-7-4-3-5-8-12/h3-5,7-8,14H,2,6,9-11H2,1H3. The molecule has 0 amide bonds. The van der Waals surface area contributed by atoms with Gasteiger partial charge >= 0.3 is 0 Å². The van der Waals surface area contributed by atoms with Gasteiger partial charge in [-0.15, -0.1) is 0 Å². The number of hydrogen-bond acceptors (Lipinski definition) is 1. The summed E-state index contributed by atoms with van der Waals surface area (Å²) >= 11 is 0. The molecule has 1 saturated heterocycles. The SMILES string of the molecule is CCC1(Cc2ccccc2)CCCN1. The number of rotatable bonds is 3. The summed E-state index contributed by atoms with van der Waals surface area (Å²) in [6.07, 6.45) is 5.09. The Morgan fingerprint density at radius 1 is 1.29 bits per heavy atom. The van der Waals surface area contributed by atoms with E-state index in [4.69, 9.17) is 0 Å². The third-order valence-corrected chi connectivity index (χ3v) is 3.39. The van der Waals surface area contributed by atoms with Gasteiger partial charge in [-0.2, -0.15) is 0 Å². The molecule has 0 aliphatic carbocycles. The van der Waals surface area contributed by atoms with Gasteiger partial charge in [-0.3, -0.25) is 0 Å². The summed E-state index contributed by atoms with van der Waals surface area (Å²) in [5, 5.41) is 3.67. The fraction of sp³-hybridized carbons (Fsp3) is 0.538. The molecule has 14 heavy (non-hydrogen) atoms. The summed E-state index contributed by atoms with van der Waals surface area (Å²) in [6, 6.07) is 10.8.